The second kappa shape index (κ2) is 7.64. The van der Waals surface area contributed by atoms with Gasteiger partial charge < -0.3 is 10.2 Å². The van der Waals surface area contributed by atoms with Gasteiger partial charge in [-0.3, -0.25) is 4.79 Å². The summed E-state index contributed by atoms with van der Waals surface area (Å²) in [6.07, 6.45) is 9.58. The molecule has 27 heavy (non-hydrogen) atoms. The molecule has 2 unspecified atom stereocenters. The van der Waals surface area contributed by atoms with Crippen LogP contribution in [0, 0.1) is 5.92 Å². The monoisotopic (exact) mass is 367 g/mol. The Labute approximate surface area is 158 Å². The predicted octanol–water partition coefficient (Wildman–Crippen LogP) is 3.64. The lowest BCUT2D eigenvalue weighted by atomic mass is 9.77. The molecule has 6 nitrogen and oxygen atoms in total. The first-order valence-electron chi connectivity index (χ1n) is 9.75. The summed E-state index contributed by atoms with van der Waals surface area (Å²) in [5.74, 6) is -0.455. The number of fused-ring (bicyclic) bond motifs is 1. The van der Waals surface area contributed by atoms with Gasteiger partial charge in [-0.25, -0.2) is 0 Å². The van der Waals surface area contributed by atoms with E-state index in [9.17, 15) is 9.90 Å². The lowest BCUT2D eigenvalue weighted by molar-refractivity contribution is -0.136. The largest absolute Gasteiger partial charge is 0.481 e. The van der Waals surface area contributed by atoms with Crippen LogP contribution in [0.2, 0.25) is 0 Å². The van der Waals surface area contributed by atoms with Gasteiger partial charge in [0.05, 0.1) is 0 Å². The van der Waals surface area contributed by atoms with Crippen LogP contribution >= 0.6 is 0 Å². The number of aromatic nitrogens is 3. The second-order valence-electron chi connectivity index (χ2n) is 7.56. The van der Waals surface area contributed by atoms with Gasteiger partial charge in [0.2, 0.25) is 0 Å². The first-order valence-corrected chi connectivity index (χ1v) is 9.75. The minimum atomic E-state index is -0.811. The van der Waals surface area contributed by atoms with Crippen molar-refractivity contribution in [2.24, 2.45) is 5.92 Å². The van der Waals surface area contributed by atoms with Crippen LogP contribution in [0.25, 0.3) is 11.0 Å². The molecule has 4 rings (SSSR count). The number of nitrogens with zero attached hydrogens (tertiary/aromatic N) is 3. The highest BCUT2D eigenvalue weighted by atomic mass is 16.4. The molecule has 6 heteroatoms. The Hall–Kier alpha value is -2.47. The van der Waals surface area contributed by atoms with Gasteiger partial charge in [-0.1, -0.05) is 43.5 Å². The third kappa shape index (κ3) is 3.81. The summed E-state index contributed by atoms with van der Waals surface area (Å²) in [4.78, 5) is 12.6. The van der Waals surface area contributed by atoms with Crippen LogP contribution in [0.3, 0.4) is 0 Å². The molecule has 142 valence electrons. The molecule has 2 aromatic rings. The van der Waals surface area contributed by atoms with Crippen LogP contribution in [-0.4, -0.2) is 37.3 Å². The first-order chi connectivity index (χ1) is 13.1. The van der Waals surface area contributed by atoms with Gasteiger partial charge in [-0.15, -0.1) is 0 Å². The molecule has 0 saturated heterocycles. The number of allylic oxidation sites excluding steroid dienone is 2. The van der Waals surface area contributed by atoms with Gasteiger partial charge in [-0.05, 0) is 48.5 Å². The Morgan fingerprint density at radius 3 is 2.41 bits per heavy atom. The summed E-state index contributed by atoms with van der Waals surface area (Å²) in [5, 5.41) is 29.3. The molecular weight excluding hydrogens is 342 g/mol. The van der Waals surface area contributed by atoms with E-state index in [0.717, 1.165) is 35.0 Å². The molecule has 1 aromatic carbocycles. The number of benzene rings is 1. The van der Waals surface area contributed by atoms with Crippen molar-refractivity contribution in [3.8, 4) is 0 Å². The van der Waals surface area contributed by atoms with Crippen molar-refractivity contribution in [1.29, 1.82) is 0 Å². The SMILES string of the molecule is O=C(O)CCC1=CC(n2nc3ccccc3n2)C(O)C(C2CCCCC2)=C1. The first kappa shape index (κ1) is 17.9. The van der Waals surface area contributed by atoms with Crippen molar-refractivity contribution in [1.82, 2.24) is 15.0 Å². The fraction of sp³-hybridized carbons (Fsp3) is 0.476. The molecule has 0 aliphatic heterocycles. The molecule has 1 fully saturated rings. The Kier molecular flexibility index (Phi) is 5.07. The molecule has 0 amide bonds. The van der Waals surface area contributed by atoms with E-state index in [1.807, 2.05) is 36.4 Å². The van der Waals surface area contributed by atoms with Gasteiger partial charge >= 0.3 is 5.97 Å². The van der Waals surface area contributed by atoms with Crippen molar-refractivity contribution in [2.75, 3.05) is 0 Å². The highest BCUT2D eigenvalue weighted by Gasteiger charge is 2.33. The maximum atomic E-state index is 11.1. The summed E-state index contributed by atoms with van der Waals surface area (Å²) in [7, 11) is 0. The quantitative estimate of drug-likeness (QED) is 0.842. The number of carboxylic acid groups (broad SMARTS) is 1. The zero-order chi connectivity index (χ0) is 18.8. The maximum absolute atomic E-state index is 11.1. The van der Waals surface area contributed by atoms with Crippen LogP contribution in [0.5, 0.6) is 0 Å². The number of aliphatic hydroxyl groups is 1. The topological polar surface area (TPSA) is 88.2 Å². The van der Waals surface area contributed by atoms with E-state index >= 15 is 0 Å². The van der Waals surface area contributed by atoms with Gasteiger partial charge in [0.1, 0.15) is 23.2 Å². The smallest absolute Gasteiger partial charge is 0.303 e. The Balaban J connectivity index is 1.68. The lowest BCUT2D eigenvalue weighted by Crippen LogP contribution is -2.32. The van der Waals surface area contributed by atoms with Gasteiger partial charge in [-0.2, -0.15) is 15.0 Å². The van der Waals surface area contributed by atoms with Crippen LogP contribution < -0.4 is 0 Å². The van der Waals surface area contributed by atoms with Gasteiger partial charge in [0.25, 0.3) is 0 Å². The molecule has 0 spiro atoms. The van der Waals surface area contributed by atoms with Crippen LogP contribution in [0.1, 0.15) is 51.0 Å². The number of rotatable bonds is 5. The molecular formula is C21H25N3O3. The Bertz CT molecular complexity index is 860. The second-order valence-corrected chi connectivity index (χ2v) is 7.56. The molecule has 0 bridgehead atoms. The van der Waals surface area contributed by atoms with E-state index < -0.39 is 18.1 Å². The van der Waals surface area contributed by atoms with E-state index in [2.05, 4.69) is 10.2 Å². The highest BCUT2D eigenvalue weighted by Crippen LogP contribution is 2.38. The fourth-order valence-corrected chi connectivity index (χ4v) is 4.26. The molecule has 2 aliphatic rings. The summed E-state index contributed by atoms with van der Waals surface area (Å²) in [5.41, 5.74) is 3.55. The van der Waals surface area contributed by atoms with Crippen LogP contribution in [-0.2, 0) is 4.79 Å². The van der Waals surface area contributed by atoms with Crippen molar-refractivity contribution in [3.63, 3.8) is 0 Å². The van der Waals surface area contributed by atoms with E-state index in [0.29, 0.717) is 12.3 Å². The number of carbonyl (C=O) groups is 1. The van der Waals surface area contributed by atoms with Crippen molar-refractivity contribution >= 4 is 17.0 Å². The molecule has 1 aromatic heterocycles. The number of hydrogen-bond donors (Lipinski definition) is 2. The molecule has 0 radical (unpaired) electrons. The molecule has 2 atom stereocenters. The van der Waals surface area contributed by atoms with Gasteiger partial charge in [0.15, 0.2) is 0 Å². The van der Waals surface area contributed by atoms with E-state index in [1.165, 1.54) is 19.3 Å². The third-order valence-electron chi connectivity index (χ3n) is 5.67. The highest BCUT2D eigenvalue weighted by molar-refractivity contribution is 5.73. The minimum Gasteiger partial charge on any atom is -0.481 e. The van der Waals surface area contributed by atoms with Crippen molar-refractivity contribution in [2.45, 2.75) is 57.1 Å². The van der Waals surface area contributed by atoms with E-state index in [-0.39, 0.29) is 6.42 Å². The molecule has 1 saturated carbocycles. The number of hydrogen-bond acceptors (Lipinski definition) is 4. The normalized spacial score (nSPS) is 23.9. The van der Waals surface area contributed by atoms with E-state index in [4.69, 9.17) is 5.11 Å². The Morgan fingerprint density at radius 2 is 1.78 bits per heavy atom. The number of carboxylic acids is 1. The summed E-state index contributed by atoms with van der Waals surface area (Å²) in [6, 6.07) is 7.24. The third-order valence-corrected chi connectivity index (χ3v) is 5.67. The molecule has 2 aliphatic carbocycles. The standard InChI is InChI=1S/C21H25N3O3/c25-20(26)11-10-14-12-16(15-6-2-1-3-7-15)21(27)19(13-14)24-22-17-8-4-5-9-18(17)23-24/h4-5,8-9,12-13,15,19,21,27H,1-3,6-7,10-11H2,(H,25,26). The number of aliphatic hydroxyl groups excluding tert-OH is 1. The Morgan fingerprint density at radius 1 is 1.11 bits per heavy atom. The zero-order valence-corrected chi connectivity index (χ0v) is 15.3. The van der Waals surface area contributed by atoms with Crippen molar-refractivity contribution < 1.29 is 15.0 Å². The van der Waals surface area contributed by atoms with Crippen LogP contribution in [0.15, 0.2) is 47.6 Å². The molecule has 2 N–H and O–H groups in total. The van der Waals surface area contributed by atoms with Crippen molar-refractivity contribution in [3.05, 3.63) is 47.6 Å². The van der Waals surface area contributed by atoms with Gasteiger partial charge in [0, 0.05) is 6.42 Å². The molecule has 1 heterocycles. The predicted molar refractivity (Wildman–Crippen MR) is 102 cm³/mol. The summed E-state index contributed by atoms with van der Waals surface area (Å²) < 4.78 is 0. The summed E-state index contributed by atoms with van der Waals surface area (Å²) in [6.45, 7) is 0. The average Bonchev–Trinajstić information content (AvgIpc) is 3.11. The summed E-state index contributed by atoms with van der Waals surface area (Å²) >= 11 is 0. The van der Waals surface area contributed by atoms with E-state index in [1.54, 1.807) is 4.80 Å². The number of aliphatic carboxylic acids is 1. The minimum absolute atomic E-state index is 0.0810. The average molecular weight is 367 g/mol. The maximum Gasteiger partial charge on any atom is 0.303 e. The van der Waals surface area contributed by atoms with Crippen LogP contribution in [0.4, 0.5) is 0 Å². The zero-order valence-electron chi connectivity index (χ0n) is 15.3. The lowest BCUT2D eigenvalue weighted by Gasteiger charge is -2.33. The fourth-order valence-electron chi connectivity index (χ4n) is 4.26.